The van der Waals surface area contributed by atoms with Crippen molar-refractivity contribution in [2.75, 3.05) is 25.0 Å². The molecule has 1 amide bonds. The minimum atomic E-state index is 0.0211. The predicted molar refractivity (Wildman–Crippen MR) is 95.1 cm³/mol. The van der Waals surface area contributed by atoms with E-state index in [4.69, 9.17) is 0 Å². The number of hydrogen-bond acceptors (Lipinski definition) is 6. The van der Waals surface area contributed by atoms with Gasteiger partial charge in [-0.1, -0.05) is 13.8 Å². The van der Waals surface area contributed by atoms with E-state index in [0.29, 0.717) is 12.5 Å². The molecule has 1 atom stereocenters. The fourth-order valence-corrected chi connectivity index (χ4v) is 3.90. The van der Waals surface area contributed by atoms with Gasteiger partial charge in [-0.2, -0.15) is 0 Å². The topological polar surface area (TPSA) is 75.9 Å². The molecule has 2 aromatic rings. The van der Waals surface area contributed by atoms with Crippen LogP contribution < -0.4 is 10.2 Å². The molecule has 0 spiro atoms. The molecule has 0 aromatic carbocycles. The van der Waals surface area contributed by atoms with Crippen molar-refractivity contribution in [3.05, 3.63) is 11.2 Å². The van der Waals surface area contributed by atoms with E-state index in [0.717, 1.165) is 41.9 Å². The number of thiazole rings is 1. The van der Waals surface area contributed by atoms with Crippen molar-refractivity contribution < 1.29 is 4.79 Å². The number of nitrogens with one attached hydrogen (secondary N) is 1. The van der Waals surface area contributed by atoms with Crippen molar-refractivity contribution in [3.8, 4) is 10.7 Å². The summed E-state index contributed by atoms with van der Waals surface area (Å²) in [6.07, 6.45) is 0.850. The fourth-order valence-electron chi connectivity index (χ4n) is 3.11. The van der Waals surface area contributed by atoms with Crippen LogP contribution in [-0.4, -0.2) is 45.8 Å². The molecule has 3 rings (SSSR count). The number of carbonyl (C=O) groups is 1. The average Bonchev–Trinajstić information content (AvgIpc) is 3.25. The SMILES string of the molecule is CNC(=O)C1CCN(c2nnc(-c3scnc3C)n2CC(C)C)C1. The van der Waals surface area contributed by atoms with Gasteiger partial charge in [0.25, 0.3) is 0 Å². The largest absolute Gasteiger partial charge is 0.359 e. The van der Waals surface area contributed by atoms with Gasteiger partial charge >= 0.3 is 0 Å². The molecule has 130 valence electrons. The Kier molecular flexibility index (Phi) is 4.84. The van der Waals surface area contributed by atoms with Gasteiger partial charge in [-0.05, 0) is 19.3 Å². The van der Waals surface area contributed by atoms with Crippen LogP contribution in [0, 0.1) is 18.8 Å². The molecule has 1 unspecified atom stereocenters. The van der Waals surface area contributed by atoms with Crippen LogP contribution in [0.25, 0.3) is 10.7 Å². The van der Waals surface area contributed by atoms with E-state index in [1.165, 1.54) is 0 Å². The number of aryl methyl sites for hydroxylation is 1. The van der Waals surface area contributed by atoms with Crippen LogP contribution in [0.5, 0.6) is 0 Å². The van der Waals surface area contributed by atoms with Gasteiger partial charge in [-0.15, -0.1) is 21.5 Å². The highest BCUT2D eigenvalue weighted by atomic mass is 32.1. The normalized spacial score (nSPS) is 17.7. The summed E-state index contributed by atoms with van der Waals surface area (Å²) in [7, 11) is 1.69. The summed E-state index contributed by atoms with van der Waals surface area (Å²) in [5.74, 6) is 2.34. The Morgan fingerprint density at radius 3 is 2.88 bits per heavy atom. The van der Waals surface area contributed by atoms with Crippen molar-refractivity contribution in [2.24, 2.45) is 11.8 Å². The zero-order valence-corrected chi connectivity index (χ0v) is 15.4. The van der Waals surface area contributed by atoms with Crippen molar-refractivity contribution in [1.82, 2.24) is 25.1 Å². The Bertz CT molecular complexity index is 722. The Labute approximate surface area is 146 Å². The molecule has 3 heterocycles. The second-order valence-electron chi connectivity index (χ2n) is 6.64. The number of nitrogens with zero attached hydrogens (tertiary/aromatic N) is 5. The molecule has 24 heavy (non-hydrogen) atoms. The van der Waals surface area contributed by atoms with Crippen LogP contribution in [0.3, 0.4) is 0 Å². The molecule has 1 N–H and O–H groups in total. The number of aromatic nitrogens is 4. The quantitative estimate of drug-likeness (QED) is 0.894. The van der Waals surface area contributed by atoms with Gasteiger partial charge in [0.05, 0.1) is 22.0 Å². The third-order valence-electron chi connectivity index (χ3n) is 4.32. The minimum absolute atomic E-state index is 0.0211. The third kappa shape index (κ3) is 3.15. The lowest BCUT2D eigenvalue weighted by Gasteiger charge is -2.20. The molecule has 1 fully saturated rings. The van der Waals surface area contributed by atoms with Crippen LogP contribution in [0.1, 0.15) is 26.0 Å². The van der Waals surface area contributed by atoms with E-state index in [-0.39, 0.29) is 11.8 Å². The van der Waals surface area contributed by atoms with E-state index in [2.05, 4.69) is 43.8 Å². The van der Waals surface area contributed by atoms with E-state index >= 15 is 0 Å². The summed E-state index contributed by atoms with van der Waals surface area (Å²) < 4.78 is 2.18. The van der Waals surface area contributed by atoms with Gasteiger partial charge < -0.3 is 10.2 Å². The number of amides is 1. The van der Waals surface area contributed by atoms with Gasteiger partial charge in [0.2, 0.25) is 11.9 Å². The van der Waals surface area contributed by atoms with E-state index < -0.39 is 0 Å². The van der Waals surface area contributed by atoms with Crippen LogP contribution in [0.4, 0.5) is 5.95 Å². The maximum Gasteiger partial charge on any atom is 0.227 e. The monoisotopic (exact) mass is 348 g/mol. The first kappa shape index (κ1) is 16.9. The van der Waals surface area contributed by atoms with Gasteiger partial charge in [-0.25, -0.2) is 4.98 Å². The van der Waals surface area contributed by atoms with Crippen LogP contribution in [-0.2, 0) is 11.3 Å². The zero-order valence-electron chi connectivity index (χ0n) is 14.6. The van der Waals surface area contributed by atoms with Gasteiger partial charge in [-0.3, -0.25) is 9.36 Å². The van der Waals surface area contributed by atoms with Crippen LogP contribution >= 0.6 is 11.3 Å². The maximum absolute atomic E-state index is 11.9. The minimum Gasteiger partial charge on any atom is -0.359 e. The number of rotatable bonds is 5. The molecule has 7 nitrogen and oxygen atoms in total. The lowest BCUT2D eigenvalue weighted by atomic mass is 10.1. The third-order valence-corrected chi connectivity index (χ3v) is 5.24. The van der Waals surface area contributed by atoms with E-state index in [9.17, 15) is 4.79 Å². The lowest BCUT2D eigenvalue weighted by Crippen LogP contribution is -2.31. The first-order valence-corrected chi connectivity index (χ1v) is 9.19. The Morgan fingerprint density at radius 2 is 2.25 bits per heavy atom. The first-order valence-electron chi connectivity index (χ1n) is 8.31. The summed E-state index contributed by atoms with van der Waals surface area (Å²) >= 11 is 1.59. The summed E-state index contributed by atoms with van der Waals surface area (Å²) in [6, 6.07) is 0. The van der Waals surface area contributed by atoms with Crippen molar-refractivity contribution in [2.45, 2.75) is 33.7 Å². The van der Waals surface area contributed by atoms with Crippen molar-refractivity contribution in [3.63, 3.8) is 0 Å². The predicted octanol–water partition coefficient (Wildman–Crippen LogP) is 1.94. The molecule has 1 saturated heterocycles. The number of carbonyl (C=O) groups excluding carboxylic acids is 1. The van der Waals surface area contributed by atoms with E-state index in [1.54, 1.807) is 18.4 Å². The summed E-state index contributed by atoms with van der Waals surface area (Å²) in [6.45, 7) is 8.73. The molecular weight excluding hydrogens is 324 g/mol. The Balaban J connectivity index is 1.93. The van der Waals surface area contributed by atoms with Crippen LogP contribution in [0.2, 0.25) is 0 Å². The summed E-state index contributed by atoms with van der Waals surface area (Å²) in [4.78, 5) is 19.5. The molecule has 1 aliphatic heterocycles. The van der Waals surface area contributed by atoms with Gasteiger partial charge in [0.1, 0.15) is 0 Å². The molecule has 1 aliphatic rings. The Hall–Kier alpha value is -1.96. The maximum atomic E-state index is 11.9. The standard InChI is InChI=1S/C16H24N6OS/c1-10(2)7-22-14(13-11(3)18-9-24-13)19-20-16(22)21-6-5-12(8-21)15(23)17-4/h9-10,12H,5-8H2,1-4H3,(H,17,23). The highest BCUT2D eigenvalue weighted by Crippen LogP contribution is 2.31. The van der Waals surface area contributed by atoms with Crippen molar-refractivity contribution in [1.29, 1.82) is 0 Å². The molecule has 0 saturated carbocycles. The van der Waals surface area contributed by atoms with Gasteiger partial charge in [0, 0.05) is 26.7 Å². The molecule has 0 bridgehead atoms. The zero-order chi connectivity index (χ0) is 17.3. The summed E-state index contributed by atoms with van der Waals surface area (Å²) in [5, 5.41) is 11.6. The number of hydrogen-bond donors (Lipinski definition) is 1. The summed E-state index contributed by atoms with van der Waals surface area (Å²) in [5.41, 5.74) is 2.82. The van der Waals surface area contributed by atoms with E-state index in [1.807, 2.05) is 12.4 Å². The first-order chi connectivity index (χ1) is 11.5. The Morgan fingerprint density at radius 1 is 1.46 bits per heavy atom. The lowest BCUT2D eigenvalue weighted by molar-refractivity contribution is -0.123. The second-order valence-corrected chi connectivity index (χ2v) is 7.50. The number of anilines is 1. The van der Waals surface area contributed by atoms with Crippen molar-refractivity contribution >= 4 is 23.2 Å². The molecular formula is C16H24N6OS. The molecule has 2 aromatic heterocycles. The highest BCUT2D eigenvalue weighted by molar-refractivity contribution is 7.13. The molecule has 0 aliphatic carbocycles. The van der Waals surface area contributed by atoms with Gasteiger partial charge in [0.15, 0.2) is 5.82 Å². The second kappa shape index (κ2) is 6.88. The van der Waals surface area contributed by atoms with Crippen LogP contribution in [0.15, 0.2) is 5.51 Å². The highest BCUT2D eigenvalue weighted by Gasteiger charge is 2.31. The molecule has 0 radical (unpaired) electrons. The average molecular weight is 348 g/mol. The fraction of sp³-hybridized carbons (Fsp3) is 0.625. The smallest absolute Gasteiger partial charge is 0.227 e. The molecule has 8 heteroatoms.